The van der Waals surface area contributed by atoms with Crippen LogP contribution in [0.1, 0.15) is 31.8 Å². The Labute approximate surface area is 180 Å². The molecule has 0 aromatic heterocycles. The highest BCUT2D eigenvalue weighted by Gasteiger charge is 2.13. The lowest BCUT2D eigenvalue weighted by Gasteiger charge is -2.10. The lowest BCUT2D eigenvalue weighted by Crippen LogP contribution is -2.18. The van der Waals surface area contributed by atoms with E-state index in [1.807, 2.05) is 55.5 Å². The molecule has 0 saturated carbocycles. The Hall–Kier alpha value is -4.25. The van der Waals surface area contributed by atoms with Gasteiger partial charge in [0.15, 0.2) is 0 Å². The molecule has 0 heterocycles. The van der Waals surface area contributed by atoms with Crippen LogP contribution in [-0.4, -0.2) is 18.1 Å². The summed E-state index contributed by atoms with van der Waals surface area (Å²) in [7, 11) is 0. The molecule has 0 unspecified atom stereocenters. The first-order valence-corrected chi connectivity index (χ1v) is 9.81. The summed E-state index contributed by atoms with van der Waals surface area (Å²) in [5, 5.41) is 5.96. The molecule has 0 aliphatic rings. The molecule has 0 radical (unpaired) electrons. The van der Waals surface area contributed by atoms with Crippen LogP contribution in [0.25, 0.3) is 10.8 Å². The summed E-state index contributed by atoms with van der Waals surface area (Å²) in [6.07, 6.45) is 1.51. The molecule has 4 aromatic rings. The van der Waals surface area contributed by atoms with E-state index in [-0.39, 0.29) is 5.91 Å². The second-order valence-electron chi connectivity index (χ2n) is 6.97. The summed E-state index contributed by atoms with van der Waals surface area (Å²) < 4.78 is 5.66. The molecule has 0 aliphatic carbocycles. The fraction of sp³-hybridized carbons (Fsp3) is 0.0385. The van der Waals surface area contributed by atoms with Crippen LogP contribution < -0.4 is 10.2 Å². The molecular formula is C26H20N2O3. The first-order valence-electron chi connectivity index (χ1n) is 9.81. The summed E-state index contributed by atoms with van der Waals surface area (Å²) in [4.78, 5) is 25.0. The van der Waals surface area contributed by atoms with Crippen molar-refractivity contribution in [2.75, 3.05) is 0 Å². The van der Waals surface area contributed by atoms with Crippen molar-refractivity contribution in [1.29, 1.82) is 0 Å². The van der Waals surface area contributed by atoms with Crippen molar-refractivity contribution in [2.24, 2.45) is 5.10 Å². The lowest BCUT2D eigenvalue weighted by molar-refractivity contribution is 0.0734. The monoisotopic (exact) mass is 408 g/mol. The van der Waals surface area contributed by atoms with Gasteiger partial charge in [-0.3, -0.25) is 4.79 Å². The number of aryl methyl sites for hydroxylation is 1. The van der Waals surface area contributed by atoms with Crippen LogP contribution in [0.3, 0.4) is 0 Å². The highest BCUT2D eigenvalue weighted by atomic mass is 16.5. The molecule has 0 aliphatic heterocycles. The number of esters is 1. The highest BCUT2D eigenvalue weighted by molar-refractivity contribution is 6.04. The third kappa shape index (κ3) is 4.51. The van der Waals surface area contributed by atoms with E-state index in [2.05, 4.69) is 10.5 Å². The number of fused-ring (bicyclic) bond motifs is 1. The first-order chi connectivity index (χ1) is 15.1. The van der Waals surface area contributed by atoms with E-state index in [1.165, 1.54) is 6.21 Å². The van der Waals surface area contributed by atoms with Crippen molar-refractivity contribution < 1.29 is 14.3 Å². The number of hydrazone groups is 1. The number of carbonyl (C=O) groups is 2. The Morgan fingerprint density at radius 2 is 1.55 bits per heavy atom. The van der Waals surface area contributed by atoms with Crippen LogP contribution in [-0.2, 0) is 0 Å². The average molecular weight is 408 g/mol. The van der Waals surface area contributed by atoms with E-state index >= 15 is 0 Å². The minimum atomic E-state index is -0.463. The van der Waals surface area contributed by atoms with Crippen LogP contribution in [0.2, 0.25) is 0 Å². The van der Waals surface area contributed by atoms with Crippen molar-refractivity contribution in [3.63, 3.8) is 0 Å². The molecule has 31 heavy (non-hydrogen) atoms. The van der Waals surface area contributed by atoms with Gasteiger partial charge in [-0.25, -0.2) is 10.2 Å². The van der Waals surface area contributed by atoms with Gasteiger partial charge >= 0.3 is 5.97 Å². The molecule has 1 amide bonds. The zero-order valence-electron chi connectivity index (χ0n) is 16.9. The van der Waals surface area contributed by atoms with Crippen molar-refractivity contribution >= 4 is 28.9 Å². The Morgan fingerprint density at radius 1 is 0.839 bits per heavy atom. The SMILES string of the molecule is Cc1ccccc1C(=O)NN=Cc1c(OC(=O)c2ccccc2)ccc2ccccc12. The molecular weight excluding hydrogens is 388 g/mol. The summed E-state index contributed by atoms with van der Waals surface area (Å²) in [5.41, 5.74) is 5.02. The number of ether oxygens (including phenoxy) is 1. The maximum atomic E-state index is 12.6. The van der Waals surface area contributed by atoms with E-state index in [0.29, 0.717) is 22.4 Å². The zero-order valence-corrected chi connectivity index (χ0v) is 16.9. The van der Waals surface area contributed by atoms with Crippen molar-refractivity contribution in [2.45, 2.75) is 6.92 Å². The smallest absolute Gasteiger partial charge is 0.343 e. The Morgan fingerprint density at radius 3 is 2.35 bits per heavy atom. The van der Waals surface area contributed by atoms with Gasteiger partial charge < -0.3 is 4.74 Å². The third-order valence-electron chi connectivity index (χ3n) is 4.89. The van der Waals surface area contributed by atoms with Gasteiger partial charge in [-0.15, -0.1) is 0 Å². The maximum Gasteiger partial charge on any atom is 0.343 e. The number of hydrogen-bond acceptors (Lipinski definition) is 4. The van der Waals surface area contributed by atoms with Gasteiger partial charge in [0.2, 0.25) is 0 Å². The van der Waals surface area contributed by atoms with E-state index in [1.54, 1.807) is 42.5 Å². The predicted octanol–water partition coefficient (Wildman–Crippen LogP) is 5.13. The van der Waals surface area contributed by atoms with Gasteiger partial charge in [0, 0.05) is 11.1 Å². The summed E-state index contributed by atoms with van der Waals surface area (Å²) in [6, 6.07) is 27.4. The number of nitrogens with one attached hydrogen (secondary N) is 1. The van der Waals surface area contributed by atoms with E-state index in [4.69, 9.17) is 4.74 Å². The molecule has 0 fully saturated rings. The predicted molar refractivity (Wildman–Crippen MR) is 122 cm³/mol. The number of hydrogen-bond donors (Lipinski definition) is 1. The molecule has 0 atom stereocenters. The van der Waals surface area contributed by atoms with Crippen LogP contribution in [0.15, 0.2) is 96.1 Å². The van der Waals surface area contributed by atoms with Crippen molar-refractivity contribution in [3.05, 3.63) is 113 Å². The highest BCUT2D eigenvalue weighted by Crippen LogP contribution is 2.27. The Kier molecular flexibility index (Phi) is 5.85. The molecule has 4 rings (SSSR count). The summed E-state index contributed by atoms with van der Waals surface area (Å²) in [6.45, 7) is 1.87. The van der Waals surface area contributed by atoms with Gasteiger partial charge in [0.25, 0.3) is 5.91 Å². The topological polar surface area (TPSA) is 67.8 Å². The van der Waals surface area contributed by atoms with E-state index in [0.717, 1.165) is 16.3 Å². The van der Waals surface area contributed by atoms with Crippen molar-refractivity contribution in [1.82, 2.24) is 5.43 Å². The molecule has 4 aromatic carbocycles. The van der Waals surface area contributed by atoms with E-state index in [9.17, 15) is 9.59 Å². The van der Waals surface area contributed by atoms with E-state index < -0.39 is 5.97 Å². The average Bonchev–Trinajstić information content (AvgIpc) is 2.81. The fourth-order valence-electron chi connectivity index (χ4n) is 3.27. The normalized spacial score (nSPS) is 10.9. The maximum absolute atomic E-state index is 12.6. The number of benzene rings is 4. The molecule has 0 saturated heterocycles. The quantitative estimate of drug-likeness (QED) is 0.215. The van der Waals surface area contributed by atoms with Gasteiger partial charge in [0.1, 0.15) is 5.75 Å². The molecule has 0 spiro atoms. The van der Waals surface area contributed by atoms with Crippen LogP contribution >= 0.6 is 0 Å². The minimum absolute atomic E-state index is 0.308. The lowest BCUT2D eigenvalue weighted by atomic mass is 10.0. The molecule has 152 valence electrons. The van der Waals surface area contributed by atoms with Gasteiger partial charge in [0.05, 0.1) is 11.8 Å². The Bertz CT molecular complexity index is 1280. The molecule has 5 heteroatoms. The second-order valence-corrected chi connectivity index (χ2v) is 6.97. The second kappa shape index (κ2) is 9.05. The third-order valence-corrected chi connectivity index (χ3v) is 4.89. The standard InChI is InChI=1S/C26H20N2O3/c1-18-9-5-7-13-21(18)25(29)28-27-17-23-22-14-8-6-10-19(22)15-16-24(23)31-26(30)20-11-3-2-4-12-20/h2-17H,1H3,(H,28,29). The number of carbonyl (C=O) groups excluding carboxylic acids is 2. The summed E-state index contributed by atoms with van der Waals surface area (Å²) in [5.74, 6) is -0.409. The van der Waals surface area contributed by atoms with Crippen LogP contribution in [0.4, 0.5) is 0 Å². The number of rotatable bonds is 5. The largest absolute Gasteiger partial charge is 0.422 e. The van der Waals surface area contributed by atoms with Crippen molar-refractivity contribution in [3.8, 4) is 5.75 Å². The fourth-order valence-corrected chi connectivity index (χ4v) is 3.27. The number of amides is 1. The molecule has 1 N–H and O–H groups in total. The first kappa shape index (κ1) is 20.0. The Balaban J connectivity index is 1.64. The van der Waals surface area contributed by atoms with Crippen LogP contribution in [0.5, 0.6) is 5.75 Å². The molecule has 5 nitrogen and oxygen atoms in total. The van der Waals surface area contributed by atoms with Gasteiger partial charge in [-0.1, -0.05) is 66.7 Å². The number of nitrogens with zero attached hydrogens (tertiary/aromatic N) is 1. The minimum Gasteiger partial charge on any atom is -0.422 e. The zero-order chi connectivity index (χ0) is 21.6. The van der Waals surface area contributed by atoms with Crippen LogP contribution in [0, 0.1) is 6.92 Å². The summed E-state index contributed by atoms with van der Waals surface area (Å²) >= 11 is 0. The molecule has 0 bridgehead atoms. The van der Waals surface area contributed by atoms with Gasteiger partial charge in [-0.2, -0.15) is 5.10 Å². The van der Waals surface area contributed by atoms with Gasteiger partial charge in [-0.05, 0) is 47.5 Å².